The van der Waals surface area contributed by atoms with E-state index in [1.165, 1.54) is 61.2 Å². The fourth-order valence-corrected chi connectivity index (χ4v) is 7.23. The Kier molecular flexibility index (Phi) is 5.38. The van der Waals surface area contributed by atoms with E-state index >= 15 is 0 Å². The van der Waals surface area contributed by atoms with Crippen LogP contribution in [0.5, 0.6) is 0 Å². The Morgan fingerprint density at radius 3 is 2.07 bits per heavy atom. The molecule has 5 aromatic rings. The minimum atomic E-state index is -0.211. The van der Waals surface area contributed by atoms with Crippen molar-refractivity contribution in [1.82, 2.24) is 0 Å². The Labute approximate surface area is 245 Å². The number of anilines is 3. The summed E-state index contributed by atoms with van der Waals surface area (Å²) in [6, 6.07) is 29.7. The van der Waals surface area contributed by atoms with Crippen LogP contribution in [-0.2, 0) is 16.2 Å². The topological polar surface area (TPSA) is 16.4 Å². The van der Waals surface area contributed by atoms with Crippen LogP contribution in [0.4, 0.5) is 17.1 Å². The molecule has 4 aromatic carbocycles. The normalized spacial score (nSPS) is 15.5. The van der Waals surface area contributed by atoms with E-state index in [4.69, 9.17) is 4.42 Å². The van der Waals surface area contributed by atoms with Crippen molar-refractivity contribution < 1.29 is 4.42 Å². The summed E-state index contributed by atoms with van der Waals surface area (Å²) in [5.41, 5.74) is 15.1. The largest absolute Gasteiger partial charge is 0.470 e. The summed E-state index contributed by atoms with van der Waals surface area (Å²) >= 11 is 0. The molecule has 2 nitrogen and oxygen atoms in total. The Hall–Kier alpha value is -3.72. The quantitative estimate of drug-likeness (QED) is 0.196. The molecule has 3 heterocycles. The number of hydrogen-bond donors (Lipinski definition) is 0. The van der Waals surface area contributed by atoms with Gasteiger partial charge in [-0.2, -0.15) is 0 Å². The summed E-state index contributed by atoms with van der Waals surface area (Å²) in [4.78, 5) is 2.48. The molecule has 41 heavy (non-hydrogen) atoms. The van der Waals surface area contributed by atoms with Gasteiger partial charge in [0.25, 0.3) is 6.71 Å². The van der Waals surface area contributed by atoms with Gasteiger partial charge < -0.3 is 9.32 Å². The Morgan fingerprint density at radius 2 is 1.39 bits per heavy atom. The van der Waals surface area contributed by atoms with Gasteiger partial charge in [-0.15, -0.1) is 0 Å². The second-order valence-corrected chi connectivity index (χ2v) is 14.8. The first-order valence-electron chi connectivity index (χ1n) is 15.0. The first kappa shape index (κ1) is 26.2. The highest BCUT2D eigenvalue weighted by atomic mass is 16.3. The second-order valence-electron chi connectivity index (χ2n) is 14.8. The molecule has 0 N–H and O–H groups in total. The third-order valence-electron chi connectivity index (χ3n) is 9.45. The number of fused-ring (bicyclic) bond motifs is 6. The predicted octanol–water partition coefficient (Wildman–Crippen LogP) is 8.27. The Balaban J connectivity index is 1.53. The first-order valence-corrected chi connectivity index (χ1v) is 15.0. The lowest BCUT2D eigenvalue weighted by molar-refractivity contribution is 0.590. The van der Waals surface area contributed by atoms with Crippen LogP contribution in [0.2, 0.25) is 0 Å². The smallest absolute Gasteiger partial charge is 0.292 e. The minimum absolute atomic E-state index is 0.0513. The number of nitrogens with zero attached hydrogens (tertiary/aromatic N) is 1. The van der Waals surface area contributed by atoms with Gasteiger partial charge in [-0.1, -0.05) is 97.9 Å². The summed E-state index contributed by atoms with van der Waals surface area (Å²) in [6.07, 6.45) is 0. The van der Waals surface area contributed by atoms with Crippen LogP contribution in [0.3, 0.4) is 0 Å². The van der Waals surface area contributed by atoms with Crippen molar-refractivity contribution in [3.05, 3.63) is 107 Å². The fraction of sp³-hybridized carbons (Fsp3) is 0.316. The molecule has 0 spiro atoms. The SMILES string of the molecule is Cc1cc2c3c(c1)C(C)(C)c1c(oc4ccc(C(C)(C)C)cc14)B3c1ccccc1N2c1ccc(C(C)(C)C)cc1. The Morgan fingerprint density at radius 1 is 0.732 bits per heavy atom. The van der Waals surface area contributed by atoms with Crippen molar-refractivity contribution in [3.8, 4) is 0 Å². The van der Waals surface area contributed by atoms with Crippen LogP contribution in [-0.4, -0.2) is 6.71 Å². The Bertz CT molecular complexity index is 1840. The maximum absolute atomic E-state index is 6.91. The van der Waals surface area contributed by atoms with Crippen LogP contribution in [0.15, 0.2) is 83.3 Å². The van der Waals surface area contributed by atoms with Crippen LogP contribution in [0, 0.1) is 6.92 Å². The number of para-hydroxylation sites is 1. The molecule has 0 unspecified atom stereocenters. The molecule has 206 valence electrons. The zero-order valence-corrected chi connectivity index (χ0v) is 25.9. The van der Waals surface area contributed by atoms with Crippen LogP contribution in [0.1, 0.15) is 83.2 Å². The van der Waals surface area contributed by atoms with E-state index in [2.05, 4.69) is 146 Å². The second kappa shape index (κ2) is 8.41. The maximum atomic E-state index is 6.91. The standard InChI is InChI=1S/C38H40BNO/c1-23-20-28-34-31(21-23)40(26-17-14-24(15-18-26)36(2,3)4)30-13-11-10-12-29(30)39(34)35-33(38(28,8)9)27-22-25(37(5,6)7)16-19-32(27)41-35/h10-22H,1-9H3. The lowest BCUT2D eigenvalue weighted by Gasteiger charge is -2.44. The maximum Gasteiger partial charge on any atom is 0.292 e. The van der Waals surface area contributed by atoms with E-state index in [0.717, 1.165) is 11.2 Å². The van der Waals surface area contributed by atoms with E-state index in [9.17, 15) is 0 Å². The van der Waals surface area contributed by atoms with Gasteiger partial charge in [-0.05, 0) is 87.3 Å². The zero-order chi connectivity index (χ0) is 29.1. The first-order chi connectivity index (χ1) is 19.3. The molecule has 2 aliphatic heterocycles. The lowest BCUT2D eigenvalue weighted by atomic mass is 9.32. The number of furan rings is 1. The van der Waals surface area contributed by atoms with Crippen LogP contribution >= 0.6 is 0 Å². The molecular weight excluding hydrogens is 497 g/mol. The number of benzene rings is 4. The molecular formula is C38H40BNO. The van der Waals surface area contributed by atoms with Gasteiger partial charge in [-0.3, -0.25) is 0 Å². The van der Waals surface area contributed by atoms with Gasteiger partial charge in [0.1, 0.15) is 5.58 Å². The van der Waals surface area contributed by atoms with E-state index in [1.807, 2.05) is 0 Å². The van der Waals surface area contributed by atoms with Crippen molar-refractivity contribution in [2.45, 2.75) is 78.6 Å². The highest BCUT2D eigenvalue weighted by Crippen LogP contribution is 2.45. The van der Waals surface area contributed by atoms with Crippen molar-refractivity contribution in [2.24, 2.45) is 0 Å². The molecule has 1 aromatic heterocycles. The summed E-state index contributed by atoms with van der Waals surface area (Å²) in [6.45, 7) is 20.8. The monoisotopic (exact) mass is 537 g/mol. The van der Waals surface area contributed by atoms with E-state index in [-0.39, 0.29) is 23.0 Å². The zero-order valence-electron chi connectivity index (χ0n) is 25.9. The molecule has 0 aliphatic carbocycles. The average Bonchev–Trinajstić information content (AvgIpc) is 3.29. The predicted molar refractivity (Wildman–Crippen MR) is 176 cm³/mol. The summed E-state index contributed by atoms with van der Waals surface area (Å²) in [5.74, 6) is 0. The van der Waals surface area contributed by atoms with Crippen LogP contribution in [0.25, 0.3) is 11.0 Å². The molecule has 0 atom stereocenters. The van der Waals surface area contributed by atoms with Gasteiger partial charge >= 0.3 is 0 Å². The average molecular weight is 538 g/mol. The third-order valence-corrected chi connectivity index (χ3v) is 9.45. The molecule has 0 bridgehead atoms. The van der Waals surface area contributed by atoms with Gasteiger partial charge in [0.2, 0.25) is 0 Å². The summed E-state index contributed by atoms with van der Waals surface area (Å²) < 4.78 is 6.91. The molecule has 0 saturated heterocycles. The number of rotatable bonds is 1. The number of aryl methyl sites for hydroxylation is 1. The van der Waals surface area contributed by atoms with E-state index in [0.29, 0.717) is 0 Å². The molecule has 0 radical (unpaired) electrons. The van der Waals surface area contributed by atoms with Gasteiger partial charge in [0, 0.05) is 33.4 Å². The van der Waals surface area contributed by atoms with Crippen LogP contribution < -0.4 is 21.5 Å². The van der Waals surface area contributed by atoms with Gasteiger partial charge in [0.05, 0.1) is 5.66 Å². The van der Waals surface area contributed by atoms with Crippen molar-refractivity contribution >= 4 is 51.3 Å². The van der Waals surface area contributed by atoms with Crippen molar-refractivity contribution in [1.29, 1.82) is 0 Å². The van der Waals surface area contributed by atoms with E-state index < -0.39 is 0 Å². The minimum Gasteiger partial charge on any atom is -0.470 e. The molecule has 0 fully saturated rings. The highest BCUT2D eigenvalue weighted by molar-refractivity contribution is 6.98. The summed E-state index contributed by atoms with van der Waals surface area (Å²) in [5, 5.41) is 1.25. The number of hydrogen-bond acceptors (Lipinski definition) is 2. The van der Waals surface area contributed by atoms with E-state index in [1.54, 1.807) is 0 Å². The molecule has 0 amide bonds. The third kappa shape index (κ3) is 3.78. The fourth-order valence-electron chi connectivity index (χ4n) is 7.23. The molecule has 2 aliphatic rings. The molecule has 3 heteroatoms. The summed E-state index contributed by atoms with van der Waals surface area (Å²) in [7, 11) is 0. The molecule has 7 rings (SSSR count). The highest BCUT2D eigenvalue weighted by Gasteiger charge is 2.49. The van der Waals surface area contributed by atoms with Crippen molar-refractivity contribution in [2.75, 3.05) is 4.90 Å². The molecule has 0 saturated carbocycles. The lowest BCUT2D eigenvalue weighted by Crippen LogP contribution is -2.63. The van der Waals surface area contributed by atoms with Gasteiger partial charge in [0.15, 0.2) is 0 Å². The van der Waals surface area contributed by atoms with Crippen molar-refractivity contribution in [3.63, 3.8) is 0 Å². The van der Waals surface area contributed by atoms with Gasteiger partial charge in [-0.25, -0.2) is 0 Å².